The van der Waals surface area contributed by atoms with Gasteiger partial charge in [-0.1, -0.05) is 24.0 Å². The Balaban J connectivity index is 0.00000300. The van der Waals surface area contributed by atoms with Gasteiger partial charge in [0.1, 0.15) is 5.84 Å². The Hall–Kier alpha value is -2.97. The van der Waals surface area contributed by atoms with Crippen LogP contribution in [0.3, 0.4) is 0 Å². The van der Waals surface area contributed by atoms with E-state index in [4.69, 9.17) is 11.1 Å². The van der Waals surface area contributed by atoms with Gasteiger partial charge in [-0.15, -0.1) is 12.4 Å². The summed E-state index contributed by atoms with van der Waals surface area (Å²) in [5.41, 5.74) is 10.8. The molecule has 3 rings (SSSR count). The predicted octanol–water partition coefficient (Wildman–Crippen LogP) is 3.71. The van der Waals surface area contributed by atoms with Gasteiger partial charge in [0.2, 0.25) is 0 Å². The fourth-order valence-electron chi connectivity index (χ4n) is 3.35. The summed E-state index contributed by atoms with van der Waals surface area (Å²) in [4.78, 5) is 14.6. The molecule has 6 heteroatoms. The molecule has 0 spiro atoms. The molecular formula is C23H27ClN4O. The Morgan fingerprint density at radius 2 is 1.90 bits per heavy atom. The van der Waals surface area contributed by atoms with E-state index in [1.54, 1.807) is 6.07 Å². The van der Waals surface area contributed by atoms with Gasteiger partial charge < -0.3 is 16.0 Å². The molecule has 1 saturated heterocycles. The summed E-state index contributed by atoms with van der Waals surface area (Å²) in [6.07, 6.45) is 2.19. The van der Waals surface area contributed by atoms with Crippen molar-refractivity contribution in [2.45, 2.75) is 26.7 Å². The molecule has 1 amide bonds. The van der Waals surface area contributed by atoms with Gasteiger partial charge in [0.15, 0.2) is 0 Å². The van der Waals surface area contributed by atoms with Crippen molar-refractivity contribution in [3.63, 3.8) is 0 Å². The molecule has 5 nitrogen and oxygen atoms in total. The van der Waals surface area contributed by atoms with Gasteiger partial charge in [-0.05, 0) is 62.1 Å². The largest absolute Gasteiger partial charge is 0.384 e. The summed E-state index contributed by atoms with van der Waals surface area (Å²) in [6.45, 7) is 6.16. The number of likely N-dealkylation sites (tertiary alicyclic amines) is 1. The number of benzene rings is 2. The Kier molecular flexibility index (Phi) is 7.69. The quantitative estimate of drug-likeness (QED) is 0.408. The minimum atomic E-state index is 0. The van der Waals surface area contributed by atoms with E-state index in [0.717, 1.165) is 53.9 Å². The molecule has 2 aromatic carbocycles. The van der Waals surface area contributed by atoms with E-state index in [0.29, 0.717) is 12.1 Å². The Labute approximate surface area is 178 Å². The van der Waals surface area contributed by atoms with Crippen LogP contribution in [-0.2, 0) is 0 Å². The smallest absolute Gasteiger partial charge is 0.254 e. The van der Waals surface area contributed by atoms with Crippen molar-refractivity contribution < 1.29 is 4.79 Å². The first-order valence-electron chi connectivity index (χ1n) is 9.53. The van der Waals surface area contributed by atoms with Crippen LogP contribution in [0.25, 0.3) is 0 Å². The topological polar surface area (TPSA) is 82.2 Å². The van der Waals surface area contributed by atoms with Crippen LogP contribution in [0, 0.1) is 31.1 Å². The first-order chi connectivity index (χ1) is 13.5. The van der Waals surface area contributed by atoms with E-state index < -0.39 is 0 Å². The van der Waals surface area contributed by atoms with Gasteiger partial charge in [-0.25, -0.2) is 0 Å². The van der Waals surface area contributed by atoms with E-state index >= 15 is 0 Å². The van der Waals surface area contributed by atoms with Gasteiger partial charge in [-0.3, -0.25) is 10.2 Å². The number of anilines is 1. The van der Waals surface area contributed by atoms with Crippen molar-refractivity contribution >= 4 is 29.8 Å². The average Bonchev–Trinajstić information content (AvgIpc) is 3.22. The number of amidine groups is 1. The van der Waals surface area contributed by atoms with Crippen LogP contribution in [0.15, 0.2) is 36.4 Å². The van der Waals surface area contributed by atoms with Crippen LogP contribution >= 0.6 is 12.4 Å². The summed E-state index contributed by atoms with van der Waals surface area (Å²) >= 11 is 0. The number of carbonyl (C=O) groups excluding carboxylic acids is 1. The molecule has 0 atom stereocenters. The van der Waals surface area contributed by atoms with Gasteiger partial charge in [-0.2, -0.15) is 0 Å². The number of nitrogen functional groups attached to an aromatic ring is 1. The normalized spacial score (nSPS) is 12.6. The van der Waals surface area contributed by atoms with Crippen molar-refractivity contribution in [2.75, 3.05) is 25.0 Å². The molecule has 0 unspecified atom stereocenters. The van der Waals surface area contributed by atoms with Gasteiger partial charge in [0.05, 0.1) is 6.54 Å². The molecule has 1 fully saturated rings. The zero-order valence-corrected chi connectivity index (χ0v) is 17.7. The minimum Gasteiger partial charge on any atom is -0.384 e. The number of hydrogen-bond donors (Lipinski definition) is 3. The first kappa shape index (κ1) is 22.3. The number of halogens is 1. The van der Waals surface area contributed by atoms with Crippen molar-refractivity contribution in [3.05, 3.63) is 64.2 Å². The predicted molar refractivity (Wildman–Crippen MR) is 121 cm³/mol. The number of nitrogens with one attached hydrogen (secondary N) is 2. The second-order valence-electron chi connectivity index (χ2n) is 7.13. The second-order valence-corrected chi connectivity index (χ2v) is 7.13. The molecule has 0 saturated carbocycles. The highest BCUT2D eigenvalue weighted by Gasteiger charge is 2.21. The molecule has 0 aromatic heterocycles. The van der Waals surface area contributed by atoms with E-state index in [-0.39, 0.29) is 24.1 Å². The number of nitrogens with zero attached hydrogens (tertiary/aromatic N) is 1. The van der Waals surface area contributed by atoms with Crippen molar-refractivity contribution in [2.24, 2.45) is 5.73 Å². The van der Waals surface area contributed by atoms with Crippen LogP contribution in [0.1, 0.15) is 45.5 Å². The standard InChI is InChI=1S/C23H26N4O.ClH/c1-16-14-21(23(28)27-11-3-4-12-27)17(2)13-18(16)8-6-10-26-20-9-5-7-19(15-20)22(24)25;/h5,7,9,13-15,26H,3-4,10-12H2,1-2H3,(H3,24,25);1H. The summed E-state index contributed by atoms with van der Waals surface area (Å²) < 4.78 is 0. The third-order valence-corrected chi connectivity index (χ3v) is 4.97. The number of aryl methyl sites for hydroxylation is 2. The number of carbonyl (C=O) groups is 1. The summed E-state index contributed by atoms with van der Waals surface area (Å²) in [5.74, 6) is 6.50. The Bertz CT molecular complexity index is 969. The number of hydrogen-bond acceptors (Lipinski definition) is 3. The third-order valence-electron chi connectivity index (χ3n) is 4.97. The maximum absolute atomic E-state index is 12.7. The number of nitrogens with two attached hydrogens (primary N) is 1. The highest BCUT2D eigenvalue weighted by atomic mass is 35.5. The van der Waals surface area contributed by atoms with Gasteiger partial charge in [0, 0.05) is 35.5 Å². The van der Waals surface area contributed by atoms with Gasteiger partial charge >= 0.3 is 0 Å². The fourth-order valence-corrected chi connectivity index (χ4v) is 3.35. The highest BCUT2D eigenvalue weighted by Crippen LogP contribution is 2.20. The Morgan fingerprint density at radius 3 is 2.59 bits per heavy atom. The lowest BCUT2D eigenvalue weighted by molar-refractivity contribution is 0.0792. The van der Waals surface area contributed by atoms with E-state index in [1.807, 2.05) is 49.1 Å². The zero-order chi connectivity index (χ0) is 20.1. The number of amides is 1. The van der Waals surface area contributed by atoms with Crippen LogP contribution in [-0.4, -0.2) is 36.3 Å². The fraction of sp³-hybridized carbons (Fsp3) is 0.304. The lowest BCUT2D eigenvalue weighted by atomic mass is 9.99. The molecule has 29 heavy (non-hydrogen) atoms. The van der Waals surface area contributed by atoms with E-state index in [9.17, 15) is 4.79 Å². The molecule has 1 aliphatic heterocycles. The molecular weight excluding hydrogens is 384 g/mol. The van der Waals surface area contributed by atoms with Crippen LogP contribution < -0.4 is 11.1 Å². The molecule has 0 aliphatic carbocycles. The van der Waals surface area contributed by atoms with Crippen molar-refractivity contribution in [1.29, 1.82) is 5.41 Å². The highest BCUT2D eigenvalue weighted by molar-refractivity contribution is 5.96. The average molecular weight is 411 g/mol. The maximum Gasteiger partial charge on any atom is 0.254 e. The van der Waals surface area contributed by atoms with Crippen molar-refractivity contribution in [3.8, 4) is 11.8 Å². The minimum absolute atomic E-state index is 0. The molecule has 152 valence electrons. The van der Waals surface area contributed by atoms with Crippen LogP contribution in [0.4, 0.5) is 5.69 Å². The second kappa shape index (κ2) is 9.99. The van der Waals surface area contributed by atoms with Crippen molar-refractivity contribution in [1.82, 2.24) is 4.90 Å². The lowest BCUT2D eigenvalue weighted by Crippen LogP contribution is -2.28. The van der Waals surface area contributed by atoms with Crippen LogP contribution in [0.5, 0.6) is 0 Å². The molecule has 0 bridgehead atoms. The SMILES string of the molecule is Cc1cc(C(=O)N2CCCC2)c(C)cc1C#CCNc1cccc(C(=N)N)c1.Cl. The molecule has 1 aliphatic rings. The first-order valence-corrected chi connectivity index (χ1v) is 9.53. The van der Waals surface area contributed by atoms with Crippen LogP contribution in [0.2, 0.25) is 0 Å². The molecule has 2 aromatic rings. The number of rotatable bonds is 4. The maximum atomic E-state index is 12.7. The van der Waals surface area contributed by atoms with Gasteiger partial charge in [0.25, 0.3) is 5.91 Å². The Morgan fingerprint density at radius 1 is 1.17 bits per heavy atom. The van der Waals surface area contributed by atoms with E-state index in [1.165, 1.54) is 0 Å². The molecule has 4 N–H and O–H groups in total. The summed E-state index contributed by atoms with van der Waals surface area (Å²) in [6, 6.07) is 11.4. The third kappa shape index (κ3) is 5.52. The summed E-state index contributed by atoms with van der Waals surface area (Å²) in [5, 5.41) is 10.7. The summed E-state index contributed by atoms with van der Waals surface area (Å²) in [7, 11) is 0. The monoisotopic (exact) mass is 410 g/mol. The van der Waals surface area contributed by atoms with E-state index in [2.05, 4.69) is 17.2 Å². The zero-order valence-electron chi connectivity index (χ0n) is 16.8. The molecule has 0 radical (unpaired) electrons. The molecule has 1 heterocycles. The lowest BCUT2D eigenvalue weighted by Gasteiger charge is -2.17.